The number of sulfonamides is 1. The van der Waals surface area contributed by atoms with Crippen molar-refractivity contribution in [2.24, 2.45) is 11.8 Å². The van der Waals surface area contributed by atoms with E-state index >= 15 is 0 Å². The average Bonchev–Trinajstić information content (AvgIpc) is 2.70. The lowest BCUT2D eigenvalue weighted by atomic mass is 10.0. The third-order valence-corrected chi connectivity index (χ3v) is 5.54. The van der Waals surface area contributed by atoms with Crippen LogP contribution < -0.4 is 0 Å². The second-order valence-electron chi connectivity index (χ2n) is 5.08. The first-order valence-corrected chi connectivity index (χ1v) is 7.59. The van der Waals surface area contributed by atoms with E-state index in [4.69, 9.17) is 5.11 Å². The molecule has 0 spiro atoms. The molecule has 0 aromatic heterocycles. The molecule has 0 amide bonds. The number of aliphatic hydroxyl groups excluding tert-OH is 1. The second-order valence-corrected chi connectivity index (χ2v) is 7.02. The second kappa shape index (κ2) is 4.99. The smallest absolute Gasteiger partial charge is 0.243 e. The van der Waals surface area contributed by atoms with Gasteiger partial charge in [0.15, 0.2) is 0 Å². The maximum atomic E-state index is 12.4. The summed E-state index contributed by atoms with van der Waals surface area (Å²) >= 11 is 0. The van der Waals surface area contributed by atoms with Crippen molar-refractivity contribution in [3.05, 3.63) is 29.8 Å². The monoisotopic (exact) mass is 269 g/mol. The molecule has 100 valence electrons. The number of hydrogen-bond donors (Lipinski definition) is 1. The molecule has 5 heteroatoms. The third-order valence-electron chi connectivity index (χ3n) is 3.70. The zero-order chi connectivity index (χ0) is 13.3. The van der Waals surface area contributed by atoms with Crippen LogP contribution in [0.4, 0.5) is 0 Å². The predicted octanol–water partition coefficient (Wildman–Crippen LogP) is 1.46. The molecule has 2 unspecified atom stereocenters. The van der Waals surface area contributed by atoms with Crippen molar-refractivity contribution in [3.8, 4) is 0 Å². The number of benzene rings is 1. The predicted molar refractivity (Wildman–Crippen MR) is 69.5 cm³/mol. The molecule has 1 fully saturated rings. The highest BCUT2D eigenvalue weighted by Crippen LogP contribution is 2.28. The molecule has 0 saturated carbocycles. The summed E-state index contributed by atoms with van der Waals surface area (Å²) in [6, 6.07) is 6.43. The molecule has 1 N–H and O–H groups in total. The van der Waals surface area contributed by atoms with Gasteiger partial charge in [-0.05, 0) is 29.5 Å². The Bertz CT molecular complexity index is 500. The summed E-state index contributed by atoms with van der Waals surface area (Å²) in [7, 11) is -3.38. The molecule has 1 heterocycles. The summed E-state index contributed by atoms with van der Waals surface area (Å²) < 4.78 is 26.3. The van der Waals surface area contributed by atoms with E-state index < -0.39 is 10.0 Å². The molecule has 2 atom stereocenters. The Kier molecular flexibility index (Phi) is 3.75. The van der Waals surface area contributed by atoms with Crippen LogP contribution in [-0.2, 0) is 16.6 Å². The Morgan fingerprint density at radius 1 is 1.17 bits per heavy atom. The van der Waals surface area contributed by atoms with Crippen LogP contribution in [0, 0.1) is 11.8 Å². The first-order valence-electron chi connectivity index (χ1n) is 6.15. The van der Waals surface area contributed by atoms with Crippen molar-refractivity contribution in [1.82, 2.24) is 4.31 Å². The van der Waals surface area contributed by atoms with Crippen molar-refractivity contribution >= 4 is 10.0 Å². The van der Waals surface area contributed by atoms with E-state index in [-0.39, 0.29) is 6.61 Å². The molecule has 4 nitrogen and oxygen atoms in total. The molecule has 2 rings (SSSR count). The number of aliphatic hydroxyl groups is 1. The largest absolute Gasteiger partial charge is 0.392 e. The molecule has 0 aliphatic carbocycles. The number of hydrogen-bond acceptors (Lipinski definition) is 3. The minimum Gasteiger partial charge on any atom is -0.392 e. The fourth-order valence-electron chi connectivity index (χ4n) is 2.19. The zero-order valence-corrected chi connectivity index (χ0v) is 11.5. The van der Waals surface area contributed by atoms with Crippen molar-refractivity contribution in [2.45, 2.75) is 25.3 Å². The van der Waals surface area contributed by atoms with Crippen molar-refractivity contribution in [3.63, 3.8) is 0 Å². The molecule has 1 aliphatic rings. The van der Waals surface area contributed by atoms with Gasteiger partial charge in [-0.2, -0.15) is 4.31 Å². The quantitative estimate of drug-likeness (QED) is 0.903. The summed E-state index contributed by atoms with van der Waals surface area (Å²) in [5, 5.41) is 8.95. The lowest BCUT2D eigenvalue weighted by Gasteiger charge is -2.16. The maximum absolute atomic E-state index is 12.4. The van der Waals surface area contributed by atoms with Crippen LogP contribution in [0.15, 0.2) is 29.2 Å². The van der Waals surface area contributed by atoms with Gasteiger partial charge in [0.2, 0.25) is 10.0 Å². The highest BCUT2D eigenvalue weighted by molar-refractivity contribution is 7.89. The summed E-state index contributed by atoms with van der Waals surface area (Å²) in [6.07, 6.45) is 0. The van der Waals surface area contributed by atoms with E-state index in [1.807, 2.05) is 0 Å². The summed E-state index contributed by atoms with van der Waals surface area (Å²) in [4.78, 5) is 0.306. The molecule has 0 bridgehead atoms. The van der Waals surface area contributed by atoms with Gasteiger partial charge in [0, 0.05) is 13.1 Å². The third kappa shape index (κ3) is 2.43. The van der Waals surface area contributed by atoms with E-state index in [9.17, 15) is 8.42 Å². The Balaban J connectivity index is 2.25. The maximum Gasteiger partial charge on any atom is 0.243 e. The van der Waals surface area contributed by atoms with Crippen LogP contribution in [0.2, 0.25) is 0 Å². The van der Waals surface area contributed by atoms with E-state index in [2.05, 4.69) is 13.8 Å². The Labute approximate surface area is 108 Å². The lowest BCUT2D eigenvalue weighted by molar-refractivity contribution is 0.281. The Morgan fingerprint density at radius 2 is 1.67 bits per heavy atom. The SMILES string of the molecule is CC1CN(S(=O)(=O)c2ccc(CO)cc2)CC1C. The van der Waals surface area contributed by atoms with E-state index in [0.717, 1.165) is 5.56 Å². The van der Waals surface area contributed by atoms with Crippen molar-refractivity contribution in [2.75, 3.05) is 13.1 Å². The molecule has 1 aliphatic heterocycles. The van der Waals surface area contributed by atoms with E-state index in [1.54, 1.807) is 28.6 Å². The molecular formula is C13H19NO3S. The first-order chi connectivity index (χ1) is 8.45. The van der Waals surface area contributed by atoms with Gasteiger partial charge >= 0.3 is 0 Å². The summed E-state index contributed by atoms with van der Waals surface area (Å²) in [5.74, 6) is 0.799. The Hall–Kier alpha value is -0.910. The van der Waals surface area contributed by atoms with Crippen LogP contribution in [0.3, 0.4) is 0 Å². The fraction of sp³-hybridized carbons (Fsp3) is 0.538. The van der Waals surface area contributed by atoms with Gasteiger partial charge in [-0.15, -0.1) is 0 Å². The zero-order valence-electron chi connectivity index (χ0n) is 10.7. The average molecular weight is 269 g/mol. The van der Waals surface area contributed by atoms with Gasteiger partial charge in [-0.1, -0.05) is 26.0 Å². The minimum absolute atomic E-state index is 0.0713. The standard InChI is InChI=1S/C13H19NO3S/c1-10-7-14(8-11(10)2)18(16,17)13-5-3-12(9-15)4-6-13/h3-6,10-11,15H,7-9H2,1-2H3. The normalized spacial score (nSPS) is 25.5. The van der Waals surface area contributed by atoms with Crippen LogP contribution >= 0.6 is 0 Å². The molecule has 0 radical (unpaired) electrons. The van der Waals surface area contributed by atoms with E-state index in [1.165, 1.54) is 0 Å². The van der Waals surface area contributed by atoms with Gasteiger partial charge in [0.1, 0.15) is 0 Å². The van der Waals surface area contributed by atoms with Crippen LogP contribution in [-0.4, -0.2) is 30.9 Å². The van der Waals surface area contributed by atoms with Gasteiger partial charge in [0.25, 0.3) is 0 Å². The van der Waals surface area contributed by atoms with Gasteiger partial charge in [-0.25, -0.2) is 8.42 Å². The fourth-order valence-corrected chi connectivity index (χ4v) is 3.83. The van der Waals surface area contributed by atoms with Crippen LogP contribution in [0.1, 0.15) is 19.4 Å². The van der Waals surface area contributed by atoms with Crippen LogP contribution in [0.5, 0.6) is 0 Å². The Morgan fingerprint density at radius 3 is 2.11 bits per heavy atom. The molecule has 18 heavy (non-hydrogen) atoms. The molecular weight excluding hydrogens is 250 g/mol. The lowest BCUT2D eigenvalue weighted by Crippen LogP contribution is -2.29. The van der Waals surface area contributed by atoms with Gasteiger partial charge in [-0.3, -0.25) is 0 Å². The molecule has 1 aromatic rings. The van der Waals surface area contributed by atoms with Crippen molar-refractivity contribution < 1.29 is 13.5 Å². The highest BCUT2D eigenvalue weighted by Gasteiger charge is 2.34. The minimum atomic E-state index is -3.38. The van der Waals surface area contributed by atoms with Gasteiger partial charge in [0.05, 0.1) is 11.5 Å². The summed E-state index contributed by atoms with van der Waals surface area (Å²) in [6.45, 7) is 5.26. The van der Waals surface area contributed by atoms with E-state index in [0.29, 0.717) is 29.8 Å². The molecule has 1 aromatic carbocycles. The molecule has 1 saturated heterocycles. The van der Waals surface area contributed by atoms with Gasteiger partial charge < -0.3 is 5.11 Å². The topological polar surface area (TPSA) is 57.6 Å². The first kappa shape index (κ1) is 13.5. The number of rotatable bonds is 3. The number of nitrogens with zero attached hydrogens (tertiary/aromatic N) is 1. The summed E-state index contributed by atoms with van der Waals surface area (Å²) in [5.41, 5.74) is 0.720. The van der Waals surface area contributed by atoms with Crippen molar-refractivity contribution in [1.29, 1.82) is 0 Å². The van der Waals surface area contributed by atoms with Crippen LogP contribution in [0.25, 0.3) is 0 Å². The highest BCUT2D eigenvalue weighted by atomic mass is 32.2.